The standard InChI is InChI=1S/C18H18N4OS/c1-11-20-17(19-9-15(23)22-13-7-8-13)16-14(10-24-18(16)21-11)12-5-3-2-4-6-12/h2-6,10,13H,7-9H2,1H3,(H,22,23)(H,19,20,21). The highest BCUT2D eigenvalue weighted by Crippen LogP contribution is 2.36. The first-order valence-electron chi connectivity index (χ1n) is 8.05. The molecule has 0 atom stereocenters. The second-order valence-electron chi connectivity index (χ2n) is 6.01. The topological polar surface area (TPSA) is 66.9 Å². The number of nitrogens with one attached hydrogen (secondary N) is 2. The molecule has 0 radical (unpaired) electrons. The molecule has 0 spiro atoms. The zero-order valence-corrected chi connectivity index (χ0v) is 14.2. The van der Waals surface area contributed by atoms with Crippen LogP contribution in [0.3, 0.4) is 0 Å². The van der Waals surface area contributed by atoms with Crippen molar-refractivity contribution in [3.05, 3.63) is 41.5 Å². The Hall–Kier alpha value is -2.47. The van der Waals surface area contributed by atoms with E-state index in [9.17, 15) is 4.79 Å². The molecule has 0 unspecified atom stereocenters. The molecule has 122 valence electrons. The van der Waals surface area contributed by atoms with Gasteiger partial charge in [0.25, 0.3) is 0 Å². The highest BCUT2D eigenvalue weighted by atomic mass is 32.1. The predicted molar refractivity (Wildman–Crippen MR) is 97.2 cm³/mol. The number of thiophene rings is 1. The van der Waals surface area contributed by atoms with Crippen LogP contribution in [0.25, 0.3) is 21.3 Å². The Morgan fingerprint density at radius 1 is 1.25 bits per heavy atom. The molecule has 1 aliphatic rings. The van der Waals surface area contributed by atoms with Crippen molar-refractivity contribution in [1.29, 1.82) is 0 Å². The van der Waals surface area contributed by atoms with Gasteiger partial charge in [-0.05, 0) is 25.3 Å². The number of anilines is 1. The largest absolute Gasteiger partial charge is 0.360 e. The van der Waals surface area contributed by atoms with Crippen molar-refractivity contribution < 1.29 is 4.79 Å². The van der Waals surface area contributed by atoms with E-state index >= 15 is 0 Å². The molecule has 1 aliphatic carbocycles. The van der Waals surface area contributed by atoms with Gasteiger partial charge in [0.1, 0.15) is 16.5 Å². The third-order valence-electron chi connectivity index (χ3n) is 3.99. The van der Waals surface area contributed by atoms with Gasteiger partial charge in [-0.2, -0.15) is 0 Å². The molecule has 2 aromatic heterocycles. The summed E-state index contributed by atoms with van der Waals surface area (Å²) in [7, 11) is 0. The van der Waals surface area contributed by atoms with Crippen molar-refractivity contribution in [2.45, 2.75) is 25.8 Å². The fraction of sp³-hybridized carbons (Fsp3) is 0.278. The van der Waals surface area contributed by atoms with E-state index in [4.69, 9.17) is 0 Å². The van der Waals surface area contributed by atoms with Gasteiger partial charge < -0.3 is 10.6 Å². The van der Waals surface area contributed by atoms with Gasteiger partial charge in [0.15, 0.2) is 0 Å². The summed E-state index contributed by atoms with van der Waals surface area (Å²) in [4.78, 5) is 22.0. The lowest BCUT2D eigenvalue weighted by molar-refractivity contribution is -0.119. The number of benzene rings is 1. The summed E-state index contributed by atoms with van der Waals surface area (Å²) in [5, 5.41) is 9.27. The summed E-state index contributed by atoms with van der Waals surface area (Å²) in [5.74, 6) is 1.44. The summed E-state index contributed by atoms with van der Waals surface area (Å²) in [5.41, 5.74) is 2.22. The van der Waals surface area contributed by atoms with E-state index in [-0.39, 0.29) is 12.5 Å². The van der Waals surface area contributed by atoms with E-state index < -0.39 is 0 Å². The minimum Gasteiger partial charge on any atom is -0.360 e. The van der Waals surface area contributed by atoms with Crippen LogP contribution in [0.1, 0.15) is 18.7 Å². The Labute approximate surface area is 144 Å². The first-order valence-corrected chi connectivity index (χ1v) is 8.93. The van der Waals surface area contributed by atoms with Crippen LogP contribution in [-0.2, 0) is 4.79 Å². The summed E-state index contributed by atoms with van der Waals surface area (Å²) >= 11 is 1.60. The van der Waals surface area contributed by atoms with Gasteiger partial charge in [-0.25, -0.2) is 9.97 Å². The van der Waals surface area contributed by atoms with Crippen molar-refractivity contribution in [2.24, 2.45) is 0 Å². The quantitative estimate of drug-likeness (QED) is 0.748. The minimum absolute atomic E-state index is 0.0124. The van der Waals surface area contributed by atoms with Crippen LogP contribution in [0.5, 0.6) is 0 Å². The van der Waals surface area contributed by atoms with Gasteiger partial charge in [0.05, 0.1) is 11.9 Å². The number of rotatable bonds is 5. The summed E-state index contributed by atoms with van der Waals surface area (Å²) in [6, 6.07) is 10.6. The van der Waals surface area contributed by atoms with E-state index in [1.165, 1.54) is 0 Å². The SMILES string of the molecule is Cc1nc(NCC(=O)NC2CC2)c2c(-c3ccccc3)csc2n1. The second kappa shape index (κ2) is 6.20. The molecule has 3 aromatic rings. The van der Waals surface area contributed by atoms with Gasteiger partial charge in [0, 0.05) is 17.0 Å². The van der Waals surface area contributed by atoms with Crippen LogP contribution in [0.15, 0.2) is 35.7 Å². The van der Waals surface area contributed by atoms with E-state index in [1.54, 1.807) is 11.3 Å². The Morgan fingerprint density at radius 3 is 2.79 bits per heavy atom. The lowest BCUT2D eigenvalue weighted by Gasteiger charge is -2.10. The van der Waals surface area contributed by atoms with Crippen LogP contribution >= 0.6 is 11.3 Å². The number of aromatic nitrogens is 2. The zero-order valence-electron chi connectivity index (χ0n) is 13.4. The van der Waals surface area contributed by atoms with E-state index in [1.807, 2.05) is 25.1 Å². The van der Waals surface area contributed by atoms with Crippen LogP contribution in [0, 0.1) is 6.92 Å². The van der Waals surface area contributed by atoms with Crippen molar-refractivity contribution in [3.8, 4) is 11.1 Å². The zero-order chi connectivity index (χ0) is 16.5. The number of fused-ring (bicyclic) bond motifs is 1. The minimum atomic E-state index is 0.0124. The van der Waals surface area contributed by atoms with E-state index in [0.29, 0.717) is 11.9 Å². The number of hydrogen-bond acceptors (Lipinski definition) is 5. The van der Waals surface area contributed by atoms with E-state index in [0.717, 1.165) is 40.0 Å². The van der Waals surface area contributed by atoms with Crippen LogP contribution in [0.2, 0.25) is 0 Å². The number of nitrogens with zero attached hydrogens (tertiary/aromatic N) is 2. The highest BCUT2D eigenvalue weighted by Gasteiger charge is 2.23. The van der Waals surface area contributed by atoms with Crippen molar-refractivity contribution >= 4 is 33.3 Å². The number of hydrogen-bond donors (Lipinski definition) is 2. The number of carbonyl (C=O) groups is 1. The Balaban J connectivity index is 1.67. The molecular formula is C18H18N4OS. The molecule has 1 fully saturated rings. The summed E-state index contributed by atoms with van der Waals surface area (Å²) in [6.45, 7) is 2.10. The fourth-order valence-electron chi connectivity index (χ4n) is 2.68. The van der Waals surface area contributed by atoms with E-state index in [2.05, 4.69) is 38.1 Å². The summed E-state index contributed by atoms with van der Waals surface area (Å²) < 4.78 is 0. The van der Waals surface area contributed by atoms with Gasteiger partial charge in [-0.15, -0.1) is 11.3 Å². The average molecular weight is 338 g/mol. The second-order valence-corrected chi connectivity index (χ2v) is 6.87. The maximum Gasteiger partial charge on any atom is 0.239 e. The normalized spacial score (nSPS) is 13.9. The molecule has 0 saturated heterocycles. The third kappa shape index (κ3) is 3.10. The number of amides is 1. The van der Waals surface area contributed by atoms with Crippen LogP contribution in [-0.4, -0.2) is 28.5 Å². The molecule has 4 rings (SSSR count). The van der Waals surface area contributed by atoms with Gasteiger partial charge >= 0.3 is 0 Å². The maximum absolute atomic E-state index is 12.0. The lowest BCUT2D eigenvalue weighted by atomic mass is 10.1. The molecule has 2 N–H and O–H groups in total. The van der Waals surface area contributed by atoms with Crippen molar-refractivity contribution in [2.75, 3.05) is 11.9 Å². The molecule has 1 aromatic carbocycles. The smallest absolute Gasteiger partial charge is 0.239 e. The molecular weight excluding hydrogens is 320 g/mol. The van der Waals surface area contributed by atoms with Gasteiger partial charge in [0.2, 0.25) is 5.91 Å². The lowest BCUT2D eigenvalue weighted by Crippen LogP contribution is -2.31. The Bertz CT molecular complexity index is 887. The molecule has 0 bridgehead atoms. The Morgan fingerprint density at radius 2 is 2.04 bits per heavy atom. The molecule has 2 heterocycles. The molecule has 1 amide bonds. The van der Waals surface area contributed by atoms with Gasteiger partial charge in [-0.3, -0.25) is 4.79 Å². The monoisotopic (exact) mass is 338 g/mol. The first kappa shape index (κ1) is 15.1. The highest BCUT2D eigenvalue weighted by molar-refractivity contribution is 7.17. The van der Waals surface area contributed by atoms with Gasteiger partial charge in [-0.1, -0.05) is 30.3 Å². The average Bonchev–Trinajstić information content (AvgIpc) is 3.29. The van der Waals surface area contributed by atoms with Crippen molar-refractivity contribution in [1.82, 2.24) is 15.3 Å². The molecule has 5 nitrogen and oxygen atoms in total. The number of aryl methyl sites for hydroxylation is 1. The molecule has 1 saturated carbocycles. The Kier molecular flexibility index (Phi) is 3.90. The molecule has 0 aliphatic heterocycles. The first-order chi connectivity index (χ1) is 11.7. The van der Waals surface area contributed by atoms with Crippen molar-refractivity contribution in [3.63, 3.8) is 0 Å². The van der Waals surface area contributed by atoms with Crippen LogP contribution in [0.4, 0.5) is 5.82 Å². The number of carbonyl (C=O) groups excluding carboxylic acids is 1. The fourth-order valence-corrected chi connectivity index (χ4v) is 3.67. The molecule has 6 heteroatoms. The maximum atomic E-state index is 12.0. The molecule has 24 heavy (non-hydrogen) atoms. The third-order valence-corrected chi connectivity index (χ3v) is 4.86. The van der Waals surface area contributed by atoms with Crippen LogP contribution < -0.4 is 10.6 Å². The predicted octanol–water partition coefficient (Wildman–Crippen LogP) is 3.36. The summed E-state index contributed by atoms with van der Waals surface area (Å²) in [6.07, 6.45) is 2.18.